The van der Waals surface area contributed by atoms with Crippen LogP contribution in [-0.4, -0.2) is 14.8 Å². The summed E-state index contributed by atoms with van der Waals surface area (Å²) in [6.45, 7) is 2.03. The summed E-state index contributed by atoms with van der Waals surface area (Å²) in [6, 6.07) is 12.3. The molecule has 0 saturated heterocycles. The lowest BCUT2D eigenvalue weighted by Gasteiger charge is -2.25. The minimum Gasteiger partial charge on any atom is -0.324 e. The molecular weight excluding hydrogens is 327 g/mol. The number of fused-ring (bicyclic) bond motifs is 1. The van der Waals surface area contributed by atoms with Gasteiger partial charge >= 0.3 is 0 Å². The fourth-order valence-corrected chi connectivity index (χ4v) is 3.11. The Balaban J connectivity index is 1.87. The Morgan fingerprint density at radius 2 is 1.96 bits per heavy atom. The second-order valence-electron chi connectivity index (χ2n) is 5.68. The molecule has 0 unspecified atom stereocenters. The van der Waals surface area contributed by atoms with Crippen molar-refractivity contribution in [3.8, 4) is 0 Å². The van der Waals surface area contributed by atoms with E-state index in [1.165, 1.54) is 18.0 Å². The molecule has 0 saturated carbocycles. The molecule has 0 aliphatic carbocycles. The van der Waals surface area contributed by atoms with E-state index in [1.807, 2.05) is 37.3 Å². The summed E-state index contributed by atoms with van der Waals surface area (Å²) in [5.74, 6) is 0.188. The van der Waals surface area contributed by atoms with Crippen molar-refractivity contribution < 1.29 is 4.39 Å². The van der Waals surface area contributed by atoms with E-state index in [0.717, 1.165) is 11.3 Å². The Bertz CT molecular complexity index is 910. The van der Waals surface area contributed by atoms with E-state index in [0.29, 0.717) is 16.5 Å². The number of halogens is 2. The maximum Gasteiger partial charge on any atom is 0.226 e. The lowest BCUT2D eigenvalue weighted by atomic mass is 10.0. The van der Waals surface area contributed by atoms with E-state index in [4.69, 9.17) is 11.6 Å². The van der Waals surface area contributed by atoms with Crippen LogP contribution in [0.2, 0.25) is 5.02 Å². The Labute approximate surface area is 143 Å². The zero-order valence-corrected chi connectivity index (χ0v) is 13.6. The van der Waals surface area contributed by atoms with Crippen molar-refractivity contribution >= 4 is 23.2 Å². The number of hydrogen-bond donors (Lipinski definition) is 1. The van der Waals surface area contributed by atoms with Crippen molar-refractivity contribution in [3.05, 3.63) is 82.4 Å². The summed E-state index contributed by atoms with van der Waals surface area (Å²) >= 11 is 6.26. The first kappa shape index (κ1) is 14.9. The molecule has 0 amide bonds. The lowest BCUT2D eigenvalue weighted by molar-refractivity contribution is 0.551. The number of aromatic nitrogens is 3. The minimum absolute atomic E-state index is 0.364. The van der Waals surface area contributed by atoms with E-state index in [2.05, 4.69) is 15.4 Å². The van der Waals surface area contributed by atoms with Gasteiger partial charge in [-0.2, -0.15) is 10.1 Å². The zero-order valence-electron chi connectivity index (χ0n) is 12.9. The van der Waals surface area contributed by atoms with Crippen LogP contribution in [0.3, 0.4) is 0 Å². The van der Waals surface area contributed by atoms with Gasteiger partial charge in [0.25, 0.3) is 0 Å². The van der Waals surface area contributed by atoms with Crippen molar-refractivity contribution in [2.24, 2.45) is 0 Å². The van der Waals surface area contributed by atoms with Gasteiger partial charge in [0, 0.05) is 16.3 Å². The molecule has 1 aliphatic rings. The molecule has 3 aromatic rings. The van der Waals surface area contributed by atoms with Gasteiger partial charge in [0.15, 0.2) is 0 Å². The number of hydrogen-bond acceptors (Lipinski definition) is 3. The number of nitrogens with zero attached hydrogens (tertiary/aromatic N) is 3. The van der Waals surface area contributed by atoms with E-state index < -0.39 is 6.04 Å². The van der Waals surface area contributed by atoms with Gasteiger partial charge in [-0.15, -0.1) is 0 Å². The summed E-state index contributed by atoms with van der Waals surface area (Å²) < 4.78 is 16.0. The van der Waals surface area contributed by atoms with Gasteiger partial charge < -0.3 is 5.32 Å². The van der Waals surface area contributed by atoms with Crippen LogP contribution in [-0.2, 0) is 0 Å². The van der Waals surface area contributed by atoms with Gasteiger partial charge in [-0.3, -0.25) is 0 Å². The van der Waals surface area contributed by atoms with Gasteiger partial charge in [0.05, 0.1) is 0 Å². The smallest absolute Gasteiger partial charge is 0.226 e. The molecule has 4 nitrogen and oxygen atoms in total. The number of anilines is 1. The molecule has 1 atom stereocenters. The second kappa shape index (κ2) is 5.76. The molecule has 4 rings (SSSR count). The van der Waals surface area contributed by atoms with E-state index in [-0.39, 0.29) is 5.82 Å². The highest BCUT2D eigenvalue weighted by atomic mass is 35.5. The highest BCUT2D eigenvalue weighted by molar-refractivity contribution is 6.31. The Hall–Kier alpha value is -2.66. The van der Waals surface area contributed by atoms with Gasteiger partial charge in [-0.1, -0.05) is 47.5 Å². The normalized spacial score (nSPS) is 16.3. The molecular formula is C18H14ClFN4. The van der Waals surface area contributed by atoms with Gasteiger partial charge in [-0.05, 0) is 30.7 Å². The monoisotopic (exact) mass is 340 g/mol. The summed E-state index contributed by atoms with van der Waals surface area (Å²) in [5.41, 5.74) is 3.40. The summed E-state index contributed by atoms with van der Waals surface area (Å²) in [5, 5.41) is 7.81. The topological polar surface area (TPSA) is 42.7 Å². The second-order valence-corrected chi connectivity index (χ2v) is 6.09. The molecule has 0 spiro atoms. The van der Waals surface area contributed by atoms with Gasteiger partial charge in [0.1, 0.15) is 18.2 Å². The molecule has 0 fully saturated rings. The molecule has 0 bridgehead atoms. The Kier molecular flexibility index (Phi) is 3.58. The number of aryl methyl sites for hydroxylation is 1. The van der Waals surface area contributed by atoms with Gasteiger partial charge in [0.2, 0.25) is 5.95 Å². The van der Waals surface area contributed by atoms with Crippen LogP contribution in [0.25, 0.3) is 5.70 Å². The highest BCUT2D eigenvalue weighted by Crippen LogP contribution is 2.36. The predicted molar refractivity (Wildman–Crippen MR) is 92.3 cm³/mol. The largest absolute Gasteiger partial charge is 0.324 e. The first-order valence-electron chi connectivity index (χ1n) is 7.53. The first-order chi connectivity index (χ1) is 11.6. The Morgan fingerprint density at radius 1 is 1.17 bits per heavy atom. The number of rotatable bonds is 2. The van der Waals surface area contributed by atoms with Crippen LogP contribution < -0.4 is 5.32 Å². The summed E-state index contributed by atoms with van der Waals surface area (Å²) in [6.07, 6.45) is 3.35. The number of allylic oxidation sites excluding steroid dienone is 1. The Morgan fingerprint density at radius 3 is 2.71 bits per heavy atom. The van der Waals surface area contributed by atoms with E-state index >= 15 is 0 Å². The standard InChI is InChI=1S/C18H14ClFN4/c1-11-5-7-12(8-6-11)15-9-16(24-18(23-15)21-10-22-24)17-13(19)3-2-4-14(17)20/h2-10,16H,1H3,(H,21,22,23)/t16-/m0/s1. The van der Waals surface area contributed by atoms with Crippen molar-refractivity contribution in [1.29, 1.82) is 0 Å². The number of benzene rings is 2. The van der Waals surface area contributed by atoms with Crippen LogP contribution in [0.5, 0.6) is 0 Å². The average molecular weight is 341 g/mol. The molecule has 120 valence electrons. The average Bonchev–Trinajstić information content (AvgIpc) is 3.04. The van der Waals surface area contributed by atoms with Crippen LogP contribution >= 0.6 is 11.6 Å². The predicted octanol–water partition coefficient (Wildman–Crippen LogP) is 4.44. The molecule has 2 heterocycles. The van der Waals surface area contributed by atoms with Gasteiger partial charge in [-0.25, -0.2) is 9.07 Å². The fraction of sp³-hybridized carbons (Fsp3) is 0.111. The molecule has 0 radical (unpaired) electrons. The van der Waals surface area contributed by atoms with Crippen molar-refractivity contribution in [2.75, 3.05) is 5.32 Å². The third-order valence-electron chi connectivity index (χ3n) is 4.07. The quantitative estimate of drug-likeness (QED) is 0.750. The van der Waals surface area contributed by atoms with Crippen molar-refractivity contribution in [2.45, 2.75) is 13.0 Å². The SMILES string of the molecule is Cc1ccc(C2=C[C@@H](c3c(F)cccc3Cl)n3ncnc3N2)cc1. The summed E-state index contributed by atoms with van der Waals surface area (Å²) in [4.78, 5) is 4.22. The lowest BCUT2D eigenvalue weighted by Crippen LogP contribution is -2.21. The van der Waals surface area contributed by atoms with Crippen LogP contribution in [0.4, 0.5) is 10.3 Å². The fourth-order valence-electron chi connectivity index (χ4n) is 2.83. The maximum atomic E-state index is 14.4. The number of nitrogens with one attached hydrogen (secondary N) is 1. The molecule has 6 heteroatoms. The minimum atomic E-state index is -0.464. The molecule has 1 aromatic heterocycles. The first-order valence-corrected chi connectivity index (χ1v) is 7.90. The summed E-state index contributed by atoms with van der Waals surface area (Å²) in [7, 11) is 0. The third-order valence-corrected chi connectivity index (χ3v) is 4.40. The van der Waals surface area contributed by atoms with Crippen LogP contribution in [0, 0.1) is 12.7 Å². The molecule has 2 aromatic carbocycles. The molecule has 1 aliphatic heterocycles. The van der Waals surface area contributed by atoms with Crippen molar-refractivity contribution in [3.63, 3.8) is 0 Å². The molecule has 1 N–H and O–H groups in total. The maximum absolute atomic E-state index is 14.4. The third kappa shape index (κ3) is 2.47. The van der Waals surface area contributed by atoms with Crippen molar-refractivity contribution in [1.82, 2.24) is 14.8 Å². The van der Waals surface area contributed by atoms with E-state index in [1.54, 1.807) is 16.8 Å². The van der Waals surface area contributed by atoms with E-state index in [9.17, 15) is 4.39 Å². The highest BCUT2D eigenvalue weighted by Gasteiger charge is 2.27. The van der Waals surface area contributed by atoms with Crippen LogP contribution in [0.15, 0.2) is 54.9 Å². The zero-order chi connectivity index (χ0) is 16.7. The van der Waals surface area contributed by atoms with Crippen LogP contribution in [0.1, 0.15) is 22.7 Å². The molecule has 24 heavy (non-hydrogen) atoms.